The van der Waals surface area contributed by atoms with Crippen LogP contribution in [0.15, 0.2) is 34.8 Å². The van der Waals surface area contributed by atoms with E-state index in [2.05, 4.69) is 21.2 Å². The summed E-state index contributed by atoms with van der Waals surface area (Å²) in [6.07, 6.45) is 0. The van der Waals surface area contributed by atoms with E-state index in [9.17, 15) is 13.6 Å². The Bertz CT molecular complexity index is 689. The summed E-state index contributed by atoms with van der Waals surface area (Å²) in [5.74, 6) is -1.66. The van der Waals surface area contributed by atoms with Crippen LogP contribution < -0.4 is 11.1 Å². The SMILES string of the molecule is Cc1cc(Br)c(F)cc1NC(=O)c1cc(F)ccc1N. The van der Waals surface area contributed by atoms with Gasteiger partial charge >= 0.3 is 0 Å². The Labute approximate surface area is 122 Å². The van der Waals surface area contributed by atoms with Gasteiger partial charge in [-0.15, -0.1) is 0 Å². The van der Waals surface area contributed by atoms with Gasteiger partial charge < -0.3 is 11.1 Å². The van der Waals surface area contributed by atoms with Crippen molar-refractivity contribution >= 4 is 33.2 Å². The molecule has 0 unspecified atom stereocenters. The molecule has 1 amide bonds. The van der Waals surface area contributed by atoms with Crippen LogP contribution in [0, 0.1) is 18.6 Å². The Hall–Kier alpha value is -1.95. The van der Waals surface area contributed by atoms with Crippen LogP contribution in [0.5, 0.6) is 0 Å². The number of carbonyl (C=O) groups is 1. The van der Waals surface area contributed by atoms with Crippen molar-refractivity contribution in [2.75, 3.05) is 11.1 Å². The van der Waals surface area contributed by atoms with Crippen LogP contribution in [0.4, 0.5) is 20.2 Å². The second-order valence-electron chi connectivity index (χ2n) is 4.27. The quantitative estimate of drug-likeness (QED) is 0.815. The van der Waals surface area contributed by atoms with Crippen molar-refractivity contribution in [1.29, 1.82) is 0 Å². The third kappa shape index (κ3) is 2.96. The number of anilines is 2. The molecule has 0 bridgehead atoms. The van der Waals surface area contributed by atoms with E-state index in [1.165, 1.54) is 12.1 Å². The Balaban J connectivity index is 2.32. The van der Waals surface area contributed by atoms with Crippen LogP contribution in [0.3, 0.4) is 0 Å². The Morgan fingerprint density at radius 2 is 1.95 bits per heavy atom. The molecular weight excluding hydrogens is 330 g/mol. The average molecular weight is 341 g/mol. The fourth-order valence-corrected chi connectivity index (χ4v) is 2.15. The second kappa shape index (κ2) is 5.58. The van der Waals surface area contributed by atoms with Crippen molar-refractivity contribution in [2.24, 2.45) is 0 Å². The van der Waals surface area contributed by atoms with Crippen molar-refractivity contribution < 1.29 is 13.6 Å². The van der Waals surface area contributed by atoms with E-state index in [1.807, 2.05) is 0 Å². The standard InChI is InChI=1S/C14H11BrF2N2O/c1-7-4-10(15)11(17)6-13(7)19-14(20)9-5-8(16)2-3-12(9)18/h2-6H,18H2,1H3,(H,19,20). The van der Waals surface area contributed by atoms with Crippen molar-refractivity contribution in [2.45, 2.75) is 6.92 Å². The number of hydrogen-bond donors (Lipinski definition) is 2. The predicted molar refractivity (Wildman–Crippen MR) is 77.6 cm³/mol. The molecule has 0 saturated carbocycles. The van der Waals surface area contributed by atoms with Gasteiger partial charge in [0, 0.05) is 11.4 Å². The van der Waals surface area contributed by atoms with Gasteiger partial charge in [0.05, 0.1) is 10.0 Å². The molecule has 0 atom stereocenters. The van der Waals surface area contributed by atoms with Gasteiger partial charge in [-0.25, -0.2) is 8.78 Å². The number of nitrogens with two attached hydrogens (primary N) is 1. The number of amides is 1. The largest absolute Gasteiger partial charge is 0.398 e. The van der Waals surface area contributed by atoms with E-state index in [1.54, 1.807) is 13.0 Å². The highest BCUT2D eigenvalue weighted by Gasteiger charge is 2.13. The summed E-state index contributed by atoms with van der Waals surface area (Å²) in [6, 6.07) is 6.23. The van der Waals surface area contributed by atoms with E-state index >= 15 is 0 Å². The van der Waals surface area contributed by atoms with E-state index < -0.39 is 17.5 Å². The van der Waals surface area contributed by atoms with E-state index in [-0.39, 0.29) is 11.3 Å². The summed E-state index contributed by atoms with van der Waals surface area (Å²) >= 11 is 3.06. The highest BCUT2D eigenvalue weighted by Crippen LogP contribution is 2.25. The van der Waals surface area contributed by atoms with Crippen molar-refractivity contribution in [3.05, 3.63) is 57.6 Å². The lowest BCUT2D eigenvalue weighted by Gasteiger charge is -2.11. The minimum atomic E-state index is -0.591. The lowest BCUT2D eigenvalue weighted by Crippen LogP contribution is -2.15. The molecule has 0 heterocycles. The molecule has 0 aliphatic rings. The van der Waals surface area contributed by atoms with Gasteiger partial charge in [-0.3, -0.25) is 4.79 Å². The summed E-state index contributed by atoms with van der Waals surface area (Å²) in [5.41, 5.74) is 6.76. The van der Waals surface area contributed by atoms with Gasteiger partial charge in [0.15, 0.2) is 0 Å². The first-order valence-corrected chi connectivity index (χ1v) is 6.50. The maximum absolute atomic E-state index is 13.5. The van der Waals surface area contributed by atoms with Crippen LogP contribution in [0.25, 0.3) is 0 Å². The normalized spacial score (nSPS) is 10.4. The number of halogens is 3. The molecule has 3 N–H and O–H groups in total. The molecular formula is C14H11BrF2N2O. The number of rotatable bonds is 2. The summed E-state index contributed by atoms with van der Waals surface area (Å²) in [6.45, 7) is 1.72. The molecule has 104 valence electrons. The first-order chi connectivity index (χ1) is 9.38. The van der Waals surface area contributed by atoms with Gasteiger partial charge in [-0.2, -0.15) is 0 Å². The number of nitrogen functional groups attached to an aromatic ring is 1. The van der Waals surface area contributed by atoms with Crippen molar-refractivity contribution in [1.82, 2.24) is 0 Å². The van der Waals surface area contributed by atoms with Crippen molar-refractivity contribution in [3.63, 3.8) is 0 Å². The van der Waals surface area contributed by atoms with Gasteiger partial charge in [0.25, 0.3) is 5.91 Å². The minimum absolute atomic E-state index is 0.00715. The zero-order chi connectivity index (χ0) is 14.9. The lowest BCUT2D eigenvalue weighted by atomic mass is 10.1. The third-order valence-electron chi connectivity index (χ3n) is 2.78. The summed E-state index contributed by atoms with van der Waals surface area (Å²) in [4.78, 5) is 12.0. The van der Waals surface area contributed by atoms with Crippen LogP contribution in [-0.4, -0.2) is 5.91 Å². The summed E-state index contributed by atoms with van der Waals surface area (Å²) in [7, 11) is 0. The molecule has 2 rings (SSSR count). The maximum Gasteiger partial charge on any atom is 0.257 e. The first kappa shape index (κ1) is 14.5. The predicted octanol–water partition coefficient (Wildman–Crippen LogP) is 3.87. The molecule has 0 spiro atoms. The third-order valence-corrected chi connectivity index (χ3v) is 3.38. The highest BCUT2D eigenvalue weighted by molar-refractivity contribution is 9.10. The fraction of sp³-hybridized carbons (Fsp3) is 0.0714. The molecule has 0 aromatic heterocycles. The lowest BCUT2D eigenvalue weighted by molar-refractivity contribution is 0.102. The van der Waals surface area contributed by atoms with Gasteiger partial charge in [0.2, 0.25) is 0 Å². The van der Waals surface area contributed by atoms with E-state index in [0.717, 1.165) is 12.1 Å². The molecule has 0 aliphatic carbocycles. The molecule has 0 fully saturated rings. The van der Waals surface area contributed by atoms with Gasteiger partial charge in [0.1, 0.15) is 11.6 Å². The summed E-state index contributed by atoms with van der Waals surface area (Å²) < 4.78 is 26.9. The Morgan fingerprint density at radius 1 is 1.25 bits per heavy atom. The molecule has 0 saturated heterocycles. The molecule has 2 aromatic rings. The van der Waals surface area contributed by atoms with E-state index in [0.29, 0.717) is 15.7 Å². The zero-order valence-electron chi connectivity index (χ0n) is 10.5. The van der Waals surface area contributed by atoms with Crippen LogP contribution in [0.2, 0.25) is 0 Å². The first-order valence-electron chi connectivity index (χ1n) is 5.70. The molecule has 0 aliphatic heterocycles. The minimum Gasteiger partial charge on any atom is -0.398 e. The van der Waals surface area contributed by atoms with Gasteiger partial charge in [-0.05, 0) is 58.7 Å². The molecule has 0 radical (unpaired) electrons. The Kier molecular flexibility index (Phi) is 4.04. The topological polar surface area (TPSA) is 55.1 Å². The van der Waals surface area contributed by atoms with Crippen LogP contribution in [-0.2, 0) is 0 Å². The maximum atomic E-state index is 13.5. The van der Waals surface area contributed by atoms with Crippen LogP contribution >= 0.6 is 15.9 Å². The number of carbonyl (C=O) groups excluding carboxylic acids is 1. The van der Waals surface area contributed by atoms with Gasteiger partial charge in [-0.1, -0.05) is 0 Å². The van der Waals surface area contributed by atoms with Crippen LogP contribution in [0.1, 0.15) is 15.9 Å². The fourth-order valence-electron chi connectivity index (χ4n) is 1.70. The number of hydrogen-bond acceptors (Lipinski definition) is 2. The average Bonchev–Trinajstić information content (AvgIpc) is 2.38. The monoisotopic (exact) mass is 340 g/mol. The Morgan fingerprint density at radius 3 is 2.65 bits per heavy atom. The molecule has 6 heteroatoms. The number of aryl methyl sites for hydroxylation is 1. The second-order valence-corrected chi connectivity index (χ2v) is 5.12. The zero-order valence-corrected chi connectivity index (χ0v) is 12.1. The van der Waals surface area contributed by atoms with E-state index in [4.69, 9.17) is 5.73 Å². The number of benzene rings is 2. The smallest absolute Gasteiger partial charge is 0.257 e. The number of nitrogens with one attached hydrogen (secondary N) is 1. The molecule has 3 nitrogen and oxygen atoms in total. The van der Waals surface area contributed by atoms with Crippen molar-refractivity contribution in [3.8, 4) is 0 Å². The highest BCUT2D eigenvalue weighted by atomic mass is 79.9. The molecule has 2 aromatic carbocycles. The molecule has 20 heavy (non-hydrogen) atoms. The summed E-state index contributed by atoms with van der Waals surface area (Å²) in [5, 5.41) is 2.52.